The van der Waals surface area contributed by atoms with Gasteiger partial charge in [-0.15, -0.1) is 0 Å². The molecule has 8 heteroatoms. The Morgan fingerprint density at radius 1 is 1.07 bits per heavy atom. The van der Waals surface area contributed by atoms with Crippen LogP contribution in [-0.4, -0.2) is 54.8 Å². The Balaban J connectivity index is 2.92. The fourth-order valence-electron chi connectivity index (χ4n) is 2.41. The number of amides is 2. The largest absolute Gasteiger partial charge is 0.467 e. The maximum absolute atomic E-state index is 12.8. The molecular formula is C20H30N2O5S. The summed E-state index contributed by atoms with van der Waals surface area (Å²) in [5, 5.41) is 5.30. The topological polar surface area (TPSA) is 93.7 Å². The molecule has 0 aliphatic carbocycles. The van der Waals surface area contributed by atoms with Gasteiger partial charge < -0.3 is 20.1 Å². The minimum absolute atomic E-state index is 0.266. The predicted molar refractivity (Wildman–Crippen MR) is 110 cm³/mol. The van der Waals surface area contributed by atoms with E-state index in [4.69, 9.17) is 9.47 Å². The van der Waals surface area contributed by atoms with Crippen LogP contribution < -0.4 is 10.6 Å². The van der Waals surface area contributed by atoms with Crippen molar-refractivity contribution < 1.29 is 23.9 Å². The fraction of sp³-hybridized carbons (Fsp3) is 0.550. The van der Waals surface area contributed by atoms with Crippen LogP contribution in [0.15, 0.2) is 30.3 Å². The van der Waals surface area contributed by atoms with Gasteiger partial charge in [-0.25, -0.2) is 9.59 Å². The van der Waals surface area contributed by atoms with Crippen molar-refractivity contribution in [3.05, 3.63) is 35.9 Å². The molecule has 0 unspecified atom stereocenters. The van der Waals surface area contributed by atoms with Gasteiger partial charge in [0.05, 0.1) is 7.11 Å². The van der Waals surface area contributed by atoms with Crippen molar-refractivity contribution >= 4 is 29.7 Å². The molecule has 1 aromatic rings. The number of ether oxygens (including phenoxy) is 2. The Morgan fingerprint density at radius 3 is 2.25 bits per heavy atom. The standard InChI is InChI=1S/C20H30N2O5S/c1-20(2,3)27-19(25)22-16(13-14-9-7-6-8-10-14)17(23)21-15(11-12-28-5)18(24)26-4/h6-10,15-16H,11-13H2,1-5H3,(H,21,23)(H,22,25)/t15-,16-/m1/s1. The minimum atomic E-state index is -0.890. The lowest BCUT2D eigenvalue weighted by molar-refractivity contribution is -0.145. The third-order valence-electron chi connectivity index (χ3n) is 3.70. The van der Waals surface area contributed by atoms with Gasteiger partial charge in [-0.1, -0.05) is 30.3 Å². The van der Waals surface area contributed by atoms with E-state index in [1.165, 1.54) is 7.11 Å². The summed E-state index contributed by atoms with van der Waals surface area (Å²) in [5.41, 5.74) is 0.183. The van der Waals surface area contributed by atoms with E-state index in [1.54, 1.807) is 32.5 Å². The number of rotatable bonds is 9. The van der Waals surface area contributed by atoms with Gasteiger partial charge in [-0.05, 0) is 44.8 Å². The van der Waals surface area contributed by atoms with Crippen LogP contribution in [0.25, 0.3) is 0 Å². The van der Waals surface area contributed by atoms with E-state index in [0.29, 0.717) is 12.2 Å². The molecule has 0 aliphatic heterocycles. The average molecular weight is 411 g/mol. The molecule has 0 saturated heterocycles. The summed E-state index contributed by atoms with van der Waals surface area (Å²) < 4.78 is 10.0. The zero-order valence-electron chi connectivity index (χ0n) is 17.1. The number of methoxy groups -OCH3 is 1. The van der Waals surface area contributed by atoms with Crippen molar-refractivity contribution in [1.29, 1.82) is 0 Å². The zero-order chi connectivity index (χ0) is 21.2. The number of thioether (sulfide) groups is 1. The van der Waals surface area contributed by atoms with Crippen LogP contribution in [0.2, 0.25) is 0 Å². The lowest BCUT2D eigenvalue weighted by Gasteiger charge is -2.25. The first-order valence-corrected chi connectivity index (χ1v) is 10.5. The molecule has 0 fully saturated rings. The van der Waals surface area contributed by atoms with Crippen LogP contribution in [0.3, 0.4) is 0 Å². The molecule has 0 saturated carbocycles. The predicted octanol–water partition coefficient (Wildman–Crippen LogP) is 2.53. The highest BCUT2D eigenvalue weighted by Crippen LogP contribution is 2.10. The van der Waals surface area contributed by atoms with Gasteiger partial charge in [0, 0.05) is 6.42 Å². The lowest BCUT2D eigenvalue weighted by Crippen LogP contribution is -2.53. The number of hydrogen-bond donors (Lipinski definition) is 2. The van der Waals surface area contributed by atoms with E-state index in [2.05, 4.69) is 10.6 Å². The summed E-state index contributed by atoms with van der Waals surface area (Å²) in [6.07, 6.45) is 1.92. The fourth-order valence-corrected chi connectivity index (χ4v) is 2.88. The molecule has 0 bridgehead atoms. The van der Waals surface area contributed by atoms with Gasteiger partial charge in [0.15, 0.2) is 0 Å². The molecule has 28 heavy (non-hydrogen) atoms. The van der Waals surface area contributed by atoms with Crippen LogP contribution in [0.5, 0.6) is 0 Å². The van der Waals surface area contributed by atoms with Crippen molar-refractivity contribution in [1.82, 2.24) is 10.6 Å². The van der Waals surface area contributed by atoms with E-state index < -0.39 is 35.7 Å². The highest BCUT2D eigenvalue weighted by Gasteiger charge is 2.28. The molecule has 2 N–H and O–H groups in total. The quantitative estimate of drug-likeness (QED) is 0.608. The Bertz CT molecular complexity index is 646. The Hall–Kier alpha value is -2.22. The maximum atomic E-state index is 12.8. The summed E-state index contributed by atoms with van der Waals surface area (Å²) in [6.45, 7) is 5.23. The second-order valence-electron chi connectivity index (χ2n) is 7.25. The molecule has 2 atom stereocenters. The highest BCUT2D eigenvalue weighted by molar-refractivity contribution is 7.98. The van der Waals surface area contributed by atoms with Crippen molar-refractivity contribution in [2.75, 3.05) is 19.1 Å². The molecule has 0 heterocycles. The number of nitrogens with one attached hydrogen (secondary N) is 2. The molecule has 156 valence electrons. The van der Waals surface area contributed by atoms with Crippen molar-refractivity contribution in [3.8, 4) is 0 Å². The third kappa shape index (κ3) is 9.12. The molecule has 0 aromatic heterocycles. The van der Waals surface area contributed by atoms with Gasteiger partial charge in [-0.3, -0.25) is 4.79 Å². The molecule has 0 spiro atoms. The number of benzene rings is 1. The minimum Gasteiger partial charge on any atom is -0.467 e. The first kappa shape index (κ1) is 23.8. The molecule has 1 aromatic carbocycles. The first-order valence-electron chi connectivity index (χ1n) is 9.07. The van der Waals surface area contributed by atoms with Crippen molar-refractivity contribution in [2.45, 2.75) is 51.3 Å². The highest BCUT2D eigenvalue weighted by atomic mass is 32.2. The number of alkyl carbamates (subject to hydrolysis) is 1. The van der Waals surface area contributed by atoms with E-state index in [0.717, 1.165) is 5.56 Å². The summed E-state index contributed by atoms with van der Waals surface area (Å²) in [7, 11) is 1.28. The molecule has 0 aliphatic rings. The number of carbonyl (C=O) groups excluding carboxylic acids is 3. The second-order valence-corrected chi connectivity index (χ2v) is 8.24. The monoisotopic (exact) mass is 410 g/mol. The van der Waals surface area contributed by atoms with Crippen LogP contribution >= 0.6 is 11.8 Å². The summed E-state index contributed by atoms with van der Waals surface area (Å²) >= 11 is 1.56. The van der Waals surface area contributed by atoms with E-state index in [1.807, 2.05) is 36.6 Å². The Labute approximate surface area is 170 Å². The number of carbonyl (C=O) groups is 3. The molecule has 2 amide bonds. The van der Waals surface area contributed by atoms with Crippen LogP contribution in [-0.2, 0) is 25.5 Å². The average Bonchev–Trinajstić information content (AvgIpc) is 2.63. The maximum Gasteiger partial charge on any atom is 0.408 e. The SMILES string of the molecule is COC(=O)[C@@H](CCSC)NC(=O)[C@@H](Cc1ccccc1)NC(=O)OC(C)(C)C. The Morgan fingerprint density at radius 2 is 1.71 bits per heavy atom. The smallest absolute Gasteiger partial charge is 0.408 e. The van der Waals surface area contributed by atoms with Crippen molar-refractivity contribution in [2.24, 2.45) is 0 Å². The summed E-state index contributed by atoms with van der Waals surface area (Å²) in [5.74, 6) is -0.299. The van der Waals surface area contributed by atoms with Gasteiger partial charge in [0.1, 0.15) is 17.7 Å². The normalized spacial score (nSPS) is 13.2. The van der Waals surface area contributed by atoms with Crippen LogP contribution in [0, 0.1) is 0 Å². The van der Waals surface area contributed by atoms with E-state index >= 15 is 0 Å². The third-order valence-corrected chi connectivity index (χ3v) is 4.35. The van der Waals surface area contributed by atoms with Gasteiger partial charge in [-0.2, -0.15) is 11.8 Å². The Kier molecular flexibility index (Phi) is 9.85. The lowest BCUT2D eigenvalue weighted by atomic mass is 10.0. The number of esters is 1. The van der Waals surface area contributed by atoms with Gasteiger partial charge >= 0.3 is 12.1 Å². The van der Waals surface area contributed by atoms with E-state index in [-0.39, 0.29) is 6.42 Å². The van der Waals surface area contributed by atoms with Gasteiger partial charge in [0.25, 0.3) is 0 Å². The molecular weight excluding hydrogens is 380 g/mol. The molecule has 0 radical (unpaired) electrons. The zero-order valence-corrected chi connectivity index (χ0v) is 17.9. The van der Waals surface area contributed by atoms with Crippen molar-refractivity contribution in [3.63, 3.8) is 0 Å². The molecule has 7 nitrogen and oxygen atoms in total. The molecule has 1 rings (SSSR count). The van der Waals surface area contributed by atoms with Crippen LogP contribution in [0.4, 0.5) is 4.79 Å². The second kappa shape index (κ2) is 11.6. The first-order chi connectivity index (χ1) is 13.2. The number of hydrogen-bond acceptors (Lipinski definition) is 6. The van der Waals surface area contributed by atoms with Gasteiger partial charge in [0.2, 0.25) is 5.91 Å². The summed E-state index contributed by atoms with van der Waals surface area (Å²) in [4.78, 5) is 37.0. The summed E-state index contributed by atoms with van der Waals surface area (Å²) in [6, 6.07) is 7.64. The van der Waals surface area contributed by atoms with E-state index in [9.17, 15) is 14.4 Å². The van der Waals surface area contributed by atoms with Crippen LogP contribution in [0.1, 0.15) is 32.8 Å².